The van der Waals surface area contributed by atoms with Crippen LogP contribution < -0.4 is 0 Å². The monoisotopic (exact) mass is 178 g/mol. The van der Waals surface area contributed by atoms with E-state index in [1.807, 2.05) is 11.0 Å². The Labute approximate surface area is 78.3 Å². The smallest absolute Gasteiger partial charge is 0.236 e. The molecule has 0 aromatic rings. The van der Waals surface area contributed by atoms with Crippen LogP contribution in [0.25, 0.3) is 0 Å². The predicted molar refractivity (Wildman–Crippen MR) is 47.6 cm³/mol. The third kappa shape index (κ3) is 1.53. The van der Waals surface area contributed by atoms with Crippen LogP contribution in [0.4, 0.5) is 0 Å². The van der Waals surface area contributed by atoms with E-state index in [1.165, 1.54) is 19.3 Å². The quantitative estimate of drug-likeness (QED) is 0.636. The van der Waals surface area contributed by atoms with Gasteiger partial charge in [0.05, 0.1) is 6.07 Å². The molecule has 1 saturated heterocycles. The van der Waals surface area contributed by atoms with Gasteiger partial charge in [-0.25, -0.2) is 0 Å². The van der Waals surface area contributed by atoms with Gasteiger partial charge in [0.15, 0.2) is 0 Å². The first-order valence-electron chi connectivity index (χ1n) is 4.96. The van der Waals surface area contributed by atoms with E-state index in [4.69, 9.17) is 5.26 Å². The fourth-order valence-electron chi connectivity index (χ4n) is 2.11. The van der Waals surface area contributed by atoms with Gasteiger partial charge in [0.25, 0.3) is 0 Å². The topological polar surface area (TPSA) is 44.1 Å². The zero-order chi connectivity index (χ0) is 9.26. The molecule has 1 saturated carbocycles. The third-order valence-electron chi connectivity index (χ3n) is 3.31. The van der Waals surface area contributed by atoms with Crippen molar-refractivity contribution in [1.82, 2.24) is 4.90 Å². The highest BCUT2D eigenvalue weighted by Crippen LogP contribution is 2.38. The molecule has 0 aromatic heterocycles. The molecule has 1 aliphatic carbocycles. The molecule has 0 N–H and O–H groups in total. The Bertz CT molecular complexity index is 246. The standard InChI is InChI=1S/C10H14N2O/c11-5-4-10(13)12-6-9(7-12)8-2-1-3-8/h8-9H,1-4,6-7H2. The molecule has 0 radical (unpaired) electrons. The fourth-order valence-corrected chi connectivity index (χ4v) is 2.11. The number of nitriles is 1. The molecule has 2 fully saturated rings. The van der Waals surface area contributed by atoms with E-state index in [0.717, 1.165) is 24.9 Å². The number of nitrogens with zero attached hydrogens (tertiary/aromatic N) is 2. The minimum absolute atomic E-state index is 0.0121. The number of amides is 1. The molecule has 2 rings (SSSR count). The van der Waals surface area contributed by atoms with Crippen LogP contribution in [0.3, 0.4) is 0 Å². The molecular weight excluding hydrogens is 164 g/mol. The summed E-state index contributed by atoms with van der Waals surface area (Å²) in [5, 5.41) is 8.34. The van der Waals surface area contributed by atoms with Gasteiger partial charge in [-0.15, -0.1) is 0 Å². The van der Waals surface area contributed by atoms with Crippen molar-refractivity contribution in [2.45, 2.75) is 25.7 Å². The molecule has 0 bridgehead atoms. The summed E-state index contributed by atoms with van der Waals surface area (Å²) in [6.07, 6.45) is 4.13. The van der Waals surface area contributed by atoms with E-state index in [9.17, 15) is 4.79 Å². The van der Waals surface area contributed by atoms with Crippen LogP contribution in [-0.4, -0.2) is 23.9 Å². The number of carbonyl (C=O) groups is 1. The largest absolute Gasteiger partial charge is 0.341 e. The third-order valence-corrected chi connectivity index (χ3v) is 3.31. The first-order chi connectivity index (χ1) is 6.31. The summed E-state index contributed by atoms with van der Waals surface area (Å²) in [4.78, 5) is 13.0. The van der Waals surface area contributed by atoms with E-state index < -0.39 is 0 Å². The number of rotatable bonds is 2. The summed E-state index contributed by atoms with van der Waals surface area (Å²) in [5.74, 6) is 1.64. The average Bonchev–Trinajstić information content (AvgIpc) is 1.91. The van der Waals surface area contributed by atoms with Crippen molar-refractivity contribution in [3.8, 4) is 6.07 Å². The van der Waals surface area contributed by atoms with Crippen LogP contribution >= 0.6 is 0 Å². The fraction of sp³-hybridized carbons (Fsp3) is 0.800. The van der Waals surface area contributed by atoms with Gasteiger partial charge in [-0.3, -0.25) is 4.79 Å². The lowest BCUT2D eigenvalue weighted by Gasteiger charge is -2.46. The van der Waals surface area contributed by atoms with Crippen molar-refractivity contribution in [2.24, 2.45) is 11.8 Å². The van der Waals surface area contributed by atoms with Crippen LogP contribution in [0.5, 0.6) is 0 Å². The van der Waals surface area contributed by atoms with Crippen molar-refractivity contribution in [3.63, 3.8) is 0 Å². The highest BCUT2D eigenvalue weighted by Gasteiger charge is 2.37. The Morgan fingerprint density at radius 3 is 2.54 bits per heavy atom. The summed E-state index contributed by atoms with van der Waals surface area (Å²) < 4.78 is 0. The lowest BCUT2D eigenvalue weighted by molar-refractivity contribution is -0.138. The number of carbonyl (C=O) groups excluding carboxylic acids is 1. The van der Waals surface area contributed by atoms with Crippen LogP contribution in [0, 0.1) is 23.2 Å². The van der Waals surface area contributed by atoms with Gasteiger partial charge >= 0.3 is 0 Å². The summed E-state index contributed by atoms with van der Waals surface area (Å²) in [6.45, 7) is 1.82. The van der Waals surface area contributed by atoms with Gasteiger partial charge in [0, 0.05) is 13.1 Å². The zero-order valence-corrected chi connectivity index (χ0v) is 7.70. The molecule has 1 aliphatic heterocycles. The van der Waals surface area contributed by atoms with Crippen molar-refractivity contribution in [3.05, 3.63) is 0 Å². The molecule has 0 atom stereocenters. The average molecular weight is 178 g/mol. The number of hydrogen-bond donors (Lipinski definition) is 0. The second kappa shape index (κ2) is 3.37. The number of likely N-dealkylation sites (tertiary alicyclic amines) is 1. The first kappa shape index (κ1) is 8.55. The molecule has 2 aliphatic rings. The molecule has 3 nitrogen and oxygen atoms in total. The molecule has 70 valence electrons. The van der Waals surface area contributed by atoms with E-state index >= 15 is 0 Å². The Morgan fingerprint density at radius 2 is 2.08 bits per heavy atom. The SMILES string of the molecule is N#CCC(=O)N1CC(C2CCC2)C1. The highest BCUT2D eigenvalue weighted by molar-refractivity contribution is 5.79. The minimum Gasteiger partial charge on any atom is -0.341 e. The Morgan fingerprint density at radius 1 is 1.38 bits per heavy atom. The molecule has 0 spiro atoms. The van der Waals surface area contributed by atoms with Gasteiger partial charge in [-0.1, -0.05) is 19.3 Å². The van der Waals surface area contributed by atoms with Crippen LogP contribution in [0.1, 0.15) is 25.7 Å². The van der Waals surface area contributed by atoms with Crippen LogP contribution in [-0.2, 0) is 4.79 Å². The zero-order valence-electron chi connectivity index (χ0n) is 7.70. The minimum atomic E-state index is 0.0121. The first-order valence-corrected chi connectivity index (χ1v) is 4.96. The number of hydrogen-bond acceptors (Lipinski definition) is 2. The summed E-state index contributed by atoms with van der Waals surface area (Å²) in [5.41, 5.74) is 0. The van der Waals surface area contributed by atoms with E-state index in [1.54, 1.807) is 0 Å². The maximum Gasteiger partial charge on any atom is 0.236 e. The van der Waals surface area contributed by atoms with Crippen molar-refractivity contribution < 1.29 is 4.79 Å². The summed E-state index contributed by atoms with van der Waals surface area (Å²) in [7, 11) is 0. The molecule has 1 amide bonds. The summed E-state index contributed by atoms with van der Waals surface area (Å²) >= 11 is 0. The van der Waals surface area contributed by atoms with E-state index in [2.05, 4.69) is 0 Å². The van der Waals surface area contributed by atoms with Gasteiger partial charge in [0.1, 0.15) is 6.42 Å². The molecule has 0 unspecified atom stereocenters. The van der Waals surface area contributed by atoms with Gasteiger partial charge in [-0.05, 0) is 11.8 Å². The lowest BCUT2D eigenvalue weighted by Crippen LogP contribution is -2.53. The molecule has 0 aromatic carbocycles. The van der Waals surface area contributed by atoms with Crippen molar-refractivity contribution in [1.29, 1.82) is 5.26 Å². The Balaban J connectivity index is 1.72. The van der Waals surface area contributed by atoms with E-state index in [-0.39, 0.29) is 12.3 Å². The normalized spacial score (nSPS) is 23.2. The van der Waals surface area contributed by atoms with Gasteiger partial charge < -0.3 is 4.90 Å². The van der Waals surface area contributed by atoms with E-state index in [0.29, 0.717) is 0 Å². The maximum atomic E-state index is 11.2. The summed E-state index contributed by atoms with van der Waals surface area (Å²) in [6, 6.07) is 1.90. The van der Waals surface area contributed by atoms with Crippen LogP contribution in [0.2, 0.25) is 0 Å². The maximum absolute atomic E-state index is 11.2. The van der Waals surface area contributed by atoms with Crippen molar-refractivity contribution >= 4 is 5.91 Å². The van der Waals surface area contributed by atoms with Gasteiger partial charge in [0.2, 0.25) is 5.91 Å². The predicted octanol–water partition coefficient (Wildman–Crippen LogP) is 1.16. The van der Waals surface area contributed by atoms with Crippen molar-refractivity contribution in [2.75, 3.05) is 13.1 Å². The molecule has 1 heterocycles. The van der Waals surface area contributed by atoms with Gasteiger partial charge in [-0.2, -0.15) is 5.26 Å². The second-order valence-electron chi connectivity index (χ2n) is 4.08. The Kier molecular flexibility index (Phi) is 2.22. The highest BCUT2D eigenvalue weighted by atomic mass is 16.2. The molecular formula is C10H14N2O. The molecule has 3 heteroatoms. The second-order valence-corrected chi connectivity index (χ2v) is 4.08. The van der Waals surface area contributed by atoms with Crippen LogP contribution in [0.15, 0.2) is 0 Å². The lowest BCUT2D eigenvalue weighted by atomic mass is 9.72. The molecule has 13 heavy (non-hydrogen) atoms. The Hall–Kier alpha value is -1.04.